The van der Waals surface area contributed by atoms with E-state index in [1.807, 2.05) is 6.07 Å². The van der Waals surface area contributed by atoms with Crippen molar-refractivity contribution in [3.8, 4) is 0 Å². The van der Waals surface area contributed by atoms with Crippen LogP contribution < -0.4 is 11.1 Å². The smallest absolute Gasteiger partial charge is 0.323 e. The van der Waals surface area contributed by atoms with Gasteiger partial charge < -0.3 is 21.1 Å². The van der Waals surface area contributed by atoms with Crippen molar-refractivity contribution in [2.24, 2.45) is 11.7 Å². The number of carboxylic acids is 1. The number of amides is 2. The third-order valence-corrected chi connectivity index (χ3v) is 4.92. The first-order chi connectivity index (χ1) is 11.5. The van der Waals surface area contributed by atoms with Crippen molar-refractivity contribution in [2.45, 2.75) is 38.1 Å². The van der Waals surface area contributed by atoms with Gasteiger partial charge in [0.05, 0.1) is 0 Å². The number of hydrogen-bond acceptors (Lipinski definition) is 3. The lowest BCUT2D eigenvalue weighted by Gasteiger charge is -2.42. The highest BCUT2D eigenvalue weighted by Crippen LogP contribution is 2.39. The first-order valence-corrected chi connectivity index (χ1v) is 8.53. The summed E-state index contributed by atoms with van der Waals surface area (Å²) in [5.41, 5.74) is 6.57. The van der Waals surface area contributed by atoms with Crippen LogP contribution in [0.1, 0.15) is 38.2 Å². The monoisotopic (exact) mass is 333 g/mol. The number of hydrogen-bond donors (Lipinski definition) is 3. The lowest BCUT2D eigenvalue weighted by atomic mass is 9.72. The summed E-state index contributed by atoms with van der Waals surface area (Å²) >= 11 is 0. The van der Waals surface area contributed by atoms with Crippen LogP contribution in [-0.4, -0.2) is 41.6 Å². The molecule has 0 radical (unpaired) electrons. The van der Waals surface area contributed by atoms with Crippen molar-refractivity contribution >= 4 is 12.0 Å². The van der Waals surface area contributed by atoms with Crippen molar-refractivity contribution < 1.29 is 14.7 Å². The molecule has 2 amide bonds. The van der Waals surface area contributed by atoms with E-state index in [-0.39, 0.29) is 18.0 Å². The Bertz CT molecular complexity index is 554. The molecule has 0 unspecified atom stereocenters. The van der Waals surface area contributed by atoms with E-state index in [1.54, 1.807) is 0 Å². The molecule has 1 fully saturated rings. The third kappa shape index (κ3) is 4.47. The molecule has 1 aromatic carbocycles. The van der Waals surface area contributed by atoms with E-state index in [9.17, 15) is 9.59 Å². The molecule has 4 N–H and O–H groups in total. The van der Waals surface area contributed by atoms with E-state index >= 15 is 0 Å². The number of rotatable bonds is 7. The van der Waals surface area contributed by atoms with Crippen molar-refractivity contribution in [3.63, 3.8) is 0 Å². The van der Waals surface area contributed by atoms with E-state index in [0.717, 1.165) is 32.2 Å². The topological polar surface area (TPSA) is 95.7 Å². The Morgan fingerprint density at radius 2 is 1.92 bits per heavy atom. The molecule has 0 spiro atoms. The highest BCUT2D eigenvalue weighted by atomic mass is 16.4. The summed E-state index contributed by atoms with van der Waals surface area (Å²) in [7, 11) is 0. The second kappa shape index (κ2) is 8.15. The van der Waals surface area contributed by atoms with Gasteiger partial charge in [0.1, 0.15) is 6.54 Å². The van der Waals surface area contributed by atoms with E-state index in [2.05, 4.69) is 36.5 Å². The zero-order valence-electron chi connectivity index (χ0n) is 14.2. The number of carboxylic acid groups (broad SMARTS) is 1. The molecule has 0 saturated heterocycles. The van der Waals surface area contributed by atoms with E-state index in [0.29, 0.717) is 6.54 Å². The fourth-order valence-corrected chi connectivity index (χ4v) is 3.72. The van der Waals surface area contributed by atoms with Gasteiger partial charge in [0, 0.05) is 12.1 Å². The lowest BCUT2D eigenvalue weighted by molar-refractivity contribution is -0.137. The van der Waals surface area contributed by atoms with Crippen LogP contribution >= 0.6 is 0 Å². The molecule has 2 rings (SSSR count). The minimum absolute atomic E-state index is 0.0309. The van der Waals surface area contributed by atoms with Crippen LogP contribution in [0.25, 0.3) is 0 Å². The van der Waals surface area contributed by atoms with Gasteiger partial charge in [-0.25, -0.2) is 4.79 Å². The number of nitrogens with one attached hydrogen (secondary N) is 1. The minimum Gasteiger partial charge on any atom is -0.480 e. The first-order valence-electron chi connectivity index (χ1n) is 8.53. The zero-order chi connectivity index (χ0) is 17.6. The Labute approximate surface area is 143 Å². The summed E-state index contributed by atoms with van der Waals surface area (Å²) in [5.74, 6) is -0.747. The van der Waals surface area contributed by atoms with Crippen LogP contribution in [0.5, 0.6) is 0 Å². The fraction of sp³-hybridized carbons (Fsp3) is 0.556. The fourth-order valence-electron chi connectivity index (χ4n) is 3.72. The Morgan fingerprint density at radius 3 is 2.42 bits per heavy atom. The normalized spacial score (nSPS) is 23.6. The lowest BCUT2D eigenvalue weighted by Crippen LogP contribution is -2.48. The zero-order valence-corrected chi connectivity index (χ0v) is 14.2. The summed E-state index contributed by atoms with van der Waals surface area (Å²) in [6.07, 6.45) is 3.81. The average molecular weight is 333 g/mol. The van der Waals surface area contributed by atoms with Gasteiger partial charge in [-0.05, 0) is 43.7 Å². The standard InChI is InChI=1S/C18H27N3O3/c1-2-20-18(15-6-4-3-5-7-15)10-8-14(9-11-18)12-21(17(19)24)13-16(22)23/h3-7,14,20H,2,8-13H2,1H3,(H2,19,24)(H,22,23). The predicted octanol–water partition coefficient (Wildman–Crippen LogP) is 2.15. The molecule has 1 aromatic rings. The maximum atomic E-state index is 11.4. The van der Waals surface area contributed by atoms with Gasteiger partial charge in [-0.2, -0.15) is 0 Å². The van der Waals surface area contributed by atoms with Gasteiger partial charge in [-0.1, -0.05) is 37.3 Å². The van der Waals surface area contributed by atoms with Gasteiger partial charge in [0.2, 0.25) is 0 Å². The van der Waals surface area contributed by atoms with Crippen LogP contribution in [0, 0.1) is 5.92 Å². The maximum absolute atomic E-state index is 11.4. The molecule has 1 aliphatic carbocycles. The van der Waals surface area contributed by atoms with Crippen molar-refractivity contribution in [1.82, 2.24) is 10.2 Å². The maximum Gasteiger partial charge on any atom is 0.323 e. The van der Waals surface area contributed by atoms with E-state index in [4.69, 9.17) is 10.8 Å². The van der Waals surface area contributed by atoms with Crippen molar-refractivity contribution in [2.75, 3.05) is 19.6 Å². The number of benzene rings is 1. The summed E-state index contributed by atoms with van der Waals surface area (Å²) in [6.45, 7) is 3.09. The van der Waals surface area contributed by atoms with Gasteiger partial charge in [0.15, 0.2) is 0 Å². The largest absolute Gasteiger partial charge is 0.480 e. The molecule has 0 aliphatic heterocycles. The molecule has 6 nitrogen and oxygen atoms in total. The van der Waals surface area contributed by atoms with Crippen LogP contribution in [0.3, 0.4) is 0 Å². The second-order valence-electron chi connectivity index (χ2n) is 6.53. The average Bonchev–Trinajstić information content (AvgIpc) is 2.56. The number of nitrogens with two attached hydrogens (primary N) is 1. The molecule has 24 heavy (non-hydrogen) atoms. The number of carbonyl (C=O) groups is 2. The molecule has 1 saturated carbocycles. The van der Waals surface area contributed by atoms with Gasteiger partial charge in [-0.15, -0.1) is 0 Å². The Hall–Kier alpha value is -2.08. The molecule has 0 aromatic heterocycles. The van der Waals surface area contributed by atoms with Crippen molar-refractivity contribution in [1.29, 1.82) is 0 Å². The highest BCUT2D eigenvalue weighted by molar-refractivity contribution is 5.78. The van der Waals surface area contributed by atoms with Crippen molar-refractivity contribution in [3.05, 3.63) is 35.9 Å². The molecule has 0 heterocycles. The number of nitrogens with zero attached hydrogens (tertiary/aromatic N) is 1. The number of urea groups is 1. The summed E-state index contributed by atoms with van der Waals surface area (Å²) < 4.78 is 0. The van der Waals surface area contributed by atoms with E-state index in [1.165, 1.54) is 10.5 Å². The van der Waals surface area contributed by atoms with Crippen LogP contribution in [0.15, 0.2) is 30.3 Å². The molecular formula is C18H27N3O3. The molecule has 6 heteroatoms. The Morgan fingerprint density at radius 1 is 1.29 bits per heavy atom. The SMILES string of the molecule is CCNC1(c2ccccc2)CCC(CN(CC(=O)O)C(N)=O)CC1. The summed E-state index contributed by atoms with van der Waals surface area (Å²) in [4.78, 5) is 23.5. The molecular weight excluding hydrogens is 306 g/mol. The molecule has 1 aliphatic rings. The van der Waals surface area contributed by atoms with E-state index < -0.39 is 12.0 Å². The quantitative estimate of drug-likeness (QED) is 0.712. The third-order valence-electron chi connectivity index (χ3n) is 4.92. The molecule has 132 valence electrons. The minimum atomic E-state index is -1.03. The Kier molecular flexibility index (Phi) is 6.20. The summed E-state index contributed by atoms with van der Waals surface area (Å²) in [5, 5.41) is 12.5. The van der Waals surface area contributed by atoms with Gasteiger partial charge in [0.25, 0.3) is 0 Å². The number of carbonyl (C=O) groups excluding carboxylic acids is 1. The first kappa shape index (κ1) is 18.3. The predicted molar refractivity (Wildman–Crippen MR) is 92.5 cm³/mol. The van der Waals surface area contributed by atoms with Gasteiger partial charge in [-0.3, -0.25) is 4.79 Å². The van der Waals surface area contributed by atoms with Crippen LogP contribution in [0.4, 0.5) is 4.79 Å². The summed E-state index contributed by atoms with van der Waals surface area (Å²) in [6, 6.07) is 9.78. The van der Waals surface area contributed by atoms with Crippen LogP contribution in [-0.2, 0) is 10.3 Å². The molecule has 0 atom stereocenters. The van der Waals surface area contributed by atoms with Gasteiger partial charge >= 0.3 is 12.0 Å². The number of aliphatic carboxylic acids is 1. The second-order valence-corrected chi connectivity index (χ2v) is 6.53. The highest BCUT2D eigenvalue weighted by Gasteiger charge is 2.36. The Balaban J connectivity index is 2.02. The van der Waals surface area contributed by atoms with Crippen LogP contribution in [0.2, 0.25) is 0 Å². The number of primary amides is 1. The molecule has 0 bridgehead atoms.